The number of imidazole rings is 1. The summed E-state index contributed by atoms with van der Waals surface area (Å²) in [6.07, 6.45) is 2.95. The molecule has 2 atom stereocenters. The van der Waals surface area contributed by atoms with E-state index in [0.717, 1.165) is 12.2 Å². The predicted octanol–water partition coefficient (Wildman–Crippen LogP) is 0.687. The molecule has 0 aromatic carbocycles. The van der Waals surface area contributed by atoms with Crippen molar-refractivity contribution < 1.29 is 0 Å². The van der Waals surface area contributed by atoms with E-state index in [4.69, 9.17) is 0 Å². The number of hydrogen-bond donors (Lipinski definition) is 3. The molecule has 4 nitrogen and oxygen atoms in total. The summed E-state index contributed by atoms with van der Waals surface area (Å²) in [5.74, 6) is 1.24. The number of hydrogen-bond acceptors (Lipinski definition) is 3. The van der Waals surface area contributed by atoms with Gasteiger partial charge >= 0.3 is 5.69 Å². The van der Waals surface area contributed by atoms with Crippen LogP contribution in [0, 0.1) is 0 Å². The average Bonchev–Trinajstić information content (AvgIpc) is 2.72. The molecule has 0 amide bonds. The minimum absolute atomic E-state index is 0.129. The summed E-state index contributed by atoms with van der Waals surface area (Å²) in [5.41, 5.74) is 0.801. The van der Waals surface area contributed by atoms with Crippen LogP contribution >= 0.6 is 11.8 Å². The van der Waals surface area contributed by atoms with Gasteiger partial charge in [-0.25, -0.2) is 4.79 Å². The van der Waals surface area contributed by atoms with E-state index in [1.54, 1.807) is 6.20 Å². The highest BCUT2D eigenvalue weighted by Crippen LogP contribution is 2.26. The van der Waals surface area contributed by atoms with Crippen LogP contribution in [0.5, 0.6) is 0 Å². The van der Waals surface area contributed by atoms with Gasteiger partial charge in [-0.3, -0.25) is 0 Å². The lowest BCUT2D eigenvalue weighted by Gasteiger charge is -2.15. The lowest BCUT2D eigenvalue weighted by molar-refractivity contribution is 0.509. The Morgan fingerprint density at radius 3 is 3.14 bits per heavy atom. The zero-order valence-electron chi connectivity index (χ0n) is 8.17. The Labute approximate surface area is 86.9 Å². The van der Waals surface area contributed by atoms with Crippen LogP contribution in [0.1, 0.15) is 19.0 Å². The SMILES string of the molecule is CC1SCCC1NCc1c[nH]c(=O)[nH]1. The molecular formula is C9H15N3OS. The number of nitrogens with one attached hydrogen (secondary N) is 3. The Morgan fingerprint density at radius 2 is 2.57 bits per heavy atom. The molecule has 1 aromatic heterocycles. The van der Waals surface area contributed by atoms with Gasteiger partial charge in [0.05, 0.1) is 0 Å². The third-order valence-electron chi connectivity index (χ3n) is 2.58. The smallest absolute Gasteiger partial charge is 0.313 e. The fourth-order valence-electron chi connectivity index (χ4n) is 1.71. The molecule has 3 N–H and O–H groups in total. The number of thioether (sulfide) groups is 1. The van der Waals surface area contributed by atoms with Crippen molar-refractivity contribution in [2.24, 2.45) is 0 Å². The summed E-state index contributed by atoms with van der Waals surface area (Å²) >= 11 is 2.00. The van der Waals surface area contributed by atoms with E-state index in [-0.39, 0.29) is 5.69 Å². The van der Waals surface area contributed by atoms with Crippen LogP contribution in [0.4, 0.5) is 0 Å². The van der Waals surface area contributed by atoms with Crippen LogP contribution in [-0.4, -0.2) is 27.0 Å². The average molecular weight is 213 g/mol. The molecule has 78 valence electrons. The zero-order valence-corrected chi connectivity index (χ0v) is 8.99. The lowest BCUT2D eigenvalue weighted by atomic mass is 10.2. The molecule has 5 heteroatoms. The monoisotopic (exact) mass is 213 g/mol. The van der Waals surface area contributed by atoms with Crippen molar-refractivity contribution in [3.63, 3.8) is 0 Å². The van der Waals surface area contributed by atoms with Crippen molar-refractivity contribution in [1.82, 2.24) is 15.3 Å². The van der Waals surface area contributed by atoms with E-state index in [2.05, 4.69) is 22.2 Å². The van der Waals surface area contributed by atoms with E-state index in [1.165, 1.54) is 12.2 Å². The molecule has 0 spiro atoms. The fraction of sp³-hybridized carbons (Fsp3) is 0.667. The summed E-state index contributed by atoms with van der Waals surface area (Å²) in [5, 5.41) is 4.13. The fourth-order valence-corrected chi connectivity index (χ4v) is 2.93. The molecule has 0 bridgehead atoms. The molecule has 2 unspecified atom stereocenters. The molecule has 1 fully saturated rings. The molecule has 2 heterocycles. The molecule has 1 saturated heterocycles. The largest absolute Gasteiger partial charge is 0.323 e. The number of aromatic nitrogens is 2. The first-order valence-corrected chi connectivity index (χ1v) is 5.92. The maximum Gasteiger partial charge on any atom is 0.323 e. The first-order chi connectivity index (χ1) is 6.75. The minimum Gasteiger partial charge on any atom is -0.313 e. The first kappa shape index (κ1) is 9.86. The van der Waals surface area contributed by atoms with Gasteiger partial charge in [0.25, 0.3) is 0 Å². The normalized spacial score (nSPS) is 26.9. The van der Waals surface area contributed by atoms with Crippen molar-refractivity contribution in [3.05, 3.63) is 22.4 Å². The van der Waals surface area contributed by atoms with Crippen molar-refractivity contribution in [1.29, 1.82) is 0 Å². The molecule has 0 aliphatic carbocycles. The Hall–Kier alpha value is -0.680. The van der Waals surface area contributed by atoms with Gasteiger partial charge in [-0.1, -0.05) is 6.92 Å². The highest BCUT2D eigenvalue weighted by molar-refractivity contribution is 8.00. The quantitative estimate of drug-likeness (QED) is 0.692. The van der Waals surface area contributed by atoms with Crippen LogP contribution in [0.25, 0.3) is 0 Å². The maximum absolute atomic E-state index is 10.8. The van der Waals surface area contributed by atoms with Crippen LogP contribution in [-0.2, 0) is 6.54 Å². The van der Waals surface area contributed by atoms with Gasteiger partial charge < -0.3 is 15.3 Å². The van der Waals surface area contributed by atoms with E-state index in [0.29, 0.717) is 11.3 Å². The second-order valence-electron chi connectivity index (χ2n) is 3.62. The first-order valence-electron chi connectivity index (χ1n) is 4.87. The van der Waals surface area contributed by atoms with Gasteiger partial charge in [-0.05, 0) is 12.2 Å². The second kappa shape index (κ2) is 4.23. The Balaban J connectivity index is 1.85. The molecular weight excluding hydrogens is 198 g/mol. The molecule has 14 heavy (non-hydrogen) atoms. The van der Waals surface area contributed by atoms with Crippen LogP contribution in [0.2, 0.25) is 0 Å². The van der Waals surface area contributed by atoms with Gasteiger partial charge in [0, 0.05) is 29.7 Å². The van der Waals surface area contributed by atoms with Gasteiger partial charge in [0.15, 0.2) is 0 Å². The molecule has 1 aromatic rings. The maximum atomic E-state index is 10.8. The van der Waals surface area contributed by atoms with E-state index < -0.39 is 0 Å². The number of rotatable bonds is 3. The molecule has 2 rings (SSSR count). The highest BCUT2D eigenvalue weighted by Gasteiger charge is 2.23. The van der Waals surface area contributed by atoms with Crippen LogP contribution in [0.15, 0.2) is 11.0 Å². The zero-order chi connectivity index (χ0) is 9.97. The topological polar surface area (TPSA) is 60.7 Å². The summed E-state index contributed by atoms with van der Waals surface area (Å²) in [6, 6.07) is 0.582. The molecule has 0 radical (unpaired) electrons. The van der Waals surface area contributed by atoms with Crippen molar-refractivity contribution in [2.75, 3.05) is 5.75 Å². The number of aromatic amines is 2. The number of H-pyrrole nitrogens is 2. The van der Waals surface area contributed by atoms with Crippen LogP contribution < -0.4 is 11.0 Å². The third-order valence-corrected chi connectivity index (χ3v) is 3.91. The second-order valence-corrected chi connectivity index (χ2v) is 5.11. The van der Waals surface area contributed by atoms with Gasteiger partial charge in [-0.2, -0.15) is 11.8 Å². The van der Waals surface area contributed by atoms with Crippen molar-refractivity contribution in [3.8, 4) is 0 Å². The van der Waals surface area contributed by atoms with E-state index in [1.807, 2.05) is 11.8 Å². The Morgan fingerprint density at radius 1 is 1.71 bits per heavy atom. The van der Waals surface area contributed by atoms with Crippen LogP contribution in [0.3, 0.4) is 0 Å². The molecule has 0 saturated carbocycles. The lowest BCUT2D eigenvalue weighted by Crippen LogP contribution is -2.33. The van der Waals surface area contributed by atoms with E-state index in [9.17, 15) is 4.79 Å². The van der Waals surface area contributed by atoms with Gasteiger partial charge in [-0.15, -0.1) is 0 Å². The summed E-state index contributed by atoms with van der Waals surface area (Å²) < 4.78 is 0. The minimum atomic E-state index is -0.129. The summed E-state index contributed by atoms with van der Waals surface area (Å²) in [4.78, 5) is 16.1. The van der Waals surface area contributed by atoms with Gasteiger partial charge in [0.2, 0.25) is 0 Å². The standard InChI is InChI=1S/C9H15N3OS/c1-6-8(2-3-14-6)10-4-7-5-11-9(13)12-7/h5-6,8,10H,2-4H2,1H3,(H2,11,12,13). The molecule has 1 aliphatic heterocycles. The van der Waals surface area contributed by atoms with Gasteiger partial charge in [0.1, 0.15) is 0 Å². The Kier molecular flexibility index (Phi) is 2.98. The highest BCUT2D eigenvalue weighted by atomic mass is 32.2. The van der Waals surface area contributed by atoms with Crippen molar-refractivity contribution >= 4 is 11.8 Å². The predicted molar refractivity (Wildman–Crippen MR) is 58.6 cm³/mol. The van der Waals surface area contributed by atoms with E-state index >= 15 is 0 Å². The summed E-state index contributed by atoms with van der Waals surface area (Å²) in [6.45, 7) is 2.99. The third kappa shape index (κ3) is 2.22. The Bertz CT molecular complexity index is 346. The summed E-state index contributed by atoms with van der Waals surface area (Å²) in [7, 11) is 0. The molecule has 1 aliphatic rings. The van der Waals surface area contributed by atoms with Crippen molar-refractivity contribution in [2.45, 2.75) is 31.2 Å².